The van der Waals surface area contributed by atoms with Gasteiger partial charge in [0.25, 0.3) is 0 Å². The largest absolute Gasteiger partial charge is 0.495 e. The lowest BCUT2D eigenvalue weighted by atomic mass is 10.1. The molecule has 0 saturated carbocycles. The first kappa shape index (κ1) is 15.3. The number of sulfonamides is 1. The Bertz CT molecular complexity index is 871. The number of hydrogen-bond acceptors (Lipinski definition) is 6. The molecule has 8 heteroatoms. The second-order valence-corrected chi connectivity index (χ2v) is 6.38. The van der Waals surface area contributed by atoms with Crippen molar-refractivity contribution in [3.05, 3.63) is 54.6 Å². The van der Waals surface area contributed by atoms with Gasteiger partial charge in [0.2, 0.25) is 10.0 Å². The minimum Gasteiger partial charge on any atom is -0.495 e. The van der Waals surface area contributed by atoms with Crippen molar-refractivity contribution in [2.75, 3.05) is 7.11 Å². The fourth-order valence-electron chi connectivity index (χ4n) is 2.06. The first-order valence-electron chi connectivity index (χ1n) is 6.71. The second kappa shape index (κ2) is 6.27. The third-order valence-corrected chi connectivity index (χ3v) is 4.63. The van der Waals surface area contributed by atoms with Gasteiger partial charge < -0.3 is 13.7 Å². The number of ether oxygens (including phenoxy) is 1. The van der Waals surface area contributed by atoms with E-state index in [9.17, 15) is 8.42 Å². The average Bonchev–Trinajstić information content (AvgIpc) is 3.25. The van der Waals surface area contributed by atoms with Crippen molar-refractivity contribution in [1.82, 2.24) is 9.88 Å². The van der Waals surface area contributed by atoms with E-state index >= 15 is 0 Å². The quantitative estimate of drug-likeness (QED) is 0.744. The maximum Gasteiger partial charge on any atom is 0.244 e. The first-order valence-corrected chi connectivity index (χ1v) is 8.19. The zero-order valence-electron chi connectivity index (χ0n) is 12.2. The molecule has 0 bridgehead atoms. The number of methoxy groups -OCH3 is 1. The van der Waals surface area contributed by atoms with Gasteiger partial charge in [0.1, 0.15) is 16.4 Å². The molecule has 0 saturated heterocycles. The van der Waals surface area contributed by atoms with E-state index in [2.05, 4.69) is 9.88 Å². The summed E-state index contributed by atoms with van der Waals surface area (Å²) in [7, 11) is -2.34. The van der Waals surface area contributed by atoms with Crippen LogP contribution in [0.2, 0.25) is 0 Å². The van der Waals surface area contributed by atoms with Gasteiger partial charge in [0.05, 0.1) is 26.1 Å². The summed E-state index contributed by atoms with van der Waals surface area (Å²) in [4.78, 5) is 0.0369. The number of rotatable bonds is 6. The van der Waals surface area contributed by atoms with Crippen molar-refractivity contribution in [3.8, 4) is 17.1 Å². The van der Waals surface area contributed by atoms with Crippen LogP contribution in [0.3, 0.4) is 0 Å². The molecule has 23 heavy (non-hydrogen) atoms. The molecule has 0 aliphatic carbocycles. The number of benzene rings is 1. The van der Waals surface area contributed by atoms with Crippen LogP contribution in [-0.4, -0.2) is 20.7 Å². The smallest absolute Gasteiger partial charge is 0.244 e. The molecule has 1 N–H and O–H groups in total. The number of aromatic nitrogens is 1. The van der Waals surface area contributed by atoms with Gasteiger partial charge in [-0.2, -0.15) is 0 Å². The predicted octanol–water partition coefficient (Wildman–Crippen LogP) is 2.42. The SMILES string of the molecule is COc1cc(-c2ccno2)ccc1S(=O)(=O)NCc1ccco1. The summed E-state index contributed by atoms with van der Waals surface area (Å²) in [5.41, 5.74) is 0.671. The van der Waals surface area contributed by atoms with Gasteiger partial charge in [0, 0.05) is 11.6 Å². The zero-order valence-corrected chi connectivity index (χ0v) is 13.0. The fourth-order valence-corrected chi connectivity index (χ4v) is 3.21. The maximum absolute atomic E-state index is 12.4. The average molecular weight is 334 g/mol. The predicted molar refractivity (Wildman–Crippen MR) is 81.2 cm³/mol. The maximum atomic E-state index is 12.4. The van der Waals surface area contributed by atoms with E-state index in [1.54, 1.807) is 30.3 Å². The van der Waals surface area contributed by atoms with Crippen LogP contribution in [0.15, 0.2) is 62.7 Å². The Morgan fingerprint density at radius 3 is 2.78 bits per heavy atom. The summed E-state index contributed by atoms with van der Waals surface area (Å²) in [6.45, 7) is 0.0579. The topological polar surface area (TPSA) is 94.6 Å². The van der Waals surface area contributed by atoms with Crippen LogP contribution in [0, 0.1) is 0 Å². The molecule has 0 aliphatic rings. The van der Waals surface area contributed by atoms with Crippen molar-refractivity contribution in [3.63, 3.8) is 0 Å². The Hall–Kier alpha value is -2.58. The lowest BCUT2D eigenvalue weighted by Crippen LogP contribution is -2.23. The molecule has 3 aromatic rings. The van der Waals surface area contributed by atoms with E-state index in [4.69, 9.17) is 13.7 Å². The lowest BCUT2D eigenvalue weighted by Gasteiger charge is -2.11. The van der Waals surface area contributed by atoms with Crippen LogP contribution in [-0.2, 0) is 16.6 Å². The van der Waals surface area contributed by atoms with Crippen molar-refractivity contribution >= 4 is 10.0 Å². The monoisotopic (exact) mass is 334 g/mol. The number of furan rings is 1. The summed E-state index contributed by atoms with van der Waals surface area (Å²) < 4.78 is 42.7. The summed E-state index contributed by atoms with van der Waals surface area (Å²) >= 11 is 0. The molecular formula is C15H14N2O5S. The molecule has 0 unspecified atom stereocenters. The van der Waals surface area contributed by atoms with E-state index in [1.165, 1.54) is 25.6 Å². The number of hydrogen-bond donors (Lipinski definition) is 1. The highest BCUT2D eigenvalue weighted by Gasteiger charge is 2.20. The highest BCUT2D eigenvalue weighted by Crippen LogP contribution is 2.30. The Labute approximate surface area is 132 Å². The van der Waals surface area contributed by atoms with E-state index in [1.807, 2.05) is 0 Å². The number of nitrogens with one attached hydrogen (secondary N) is 1. The molecule has 120 valence electrons. The first-order chi connectivity index (χ1) is 11.1. The molecule has 0 fully saturated rings. The second-order valence-electron chi connectivity index (χ2n) is 4.65. The van der Waals surface area contributed by atoms with Gasteiger partial charge in [-0.3, -0.25) is 0 Å². The highest BCUT2D eigenvalue weighted by molar-refractivity contribution is 7.89. The van der Waals surface area contributed by atoms with E-state index < -0.39 is 10.0 Å². The van der Waals surface area contributed by atoms with E-state index in [0.717, 1.165) is 0 Å². The lowest BCUT2D eigenvalue weighted by molar-refractivity contribution is 0.401. The molecule has 7 nitrogen and oxygen atoms in total. The Morgan fingerprint density at radius 2 is 2.13 bits per heavy atom. The molecule has 0 radical (unpaired) electrons. The normalized spacial score (nSPS) is 11.5. The van der Waals surface area contributed by atoms with Crippen molar-refractivity contribution in [1.29, 1.82) is 0 Å². The van der Waals surface area contributed by atoms with Gasteiger partial charge in [-0.05, 0) is 30.3 Å². The van der Waals surface area contributed by atoms with Gasteiger partial charge in [-0.25, -0.2) is 13.1 Å². The zero-order chi connectivity index (χ0) is 16.3. The third-order valence-electron chi connectivity index (χ3n) is 3.19. The van der Waals surface area contributed by atoms with Crippen molar-refractivity contribution in [2.45, 2.75) is 11.4 Å². The standard InChI is InChI=1S/C15H14N2O5S/c1-20-14-9-11(13-6-7-16-22-13)4-5-15(14)23(18,19)17-10-12-3-2-8-21-12/h2-9,17H,10H2,1H3. The Kier molecular flexibility index (Phi) is 4.18. The summed E-state index contributed by atoms with van der Waals surface area (Å²) in [6, 6.07) is 9.73. The van der Waals surface area contributed by atoms with Crippen LogP contribution in [0.25, 0.3) is 11.3 Å². The van der Waals surface area contributed by atoms with Crippen LogP contribution in [0.1, 0.15) is 5.76 Å². The molecule has 0 atom stereocenters. The molecule has 2 aromatic heterocycles. The Morgan fingerprint density at radius 1 is 1.26 bits per heavy atom. The molecule has 3 rings (SSSR count). The summed E-state index contributed by atoms with van der Waals surface area (Å²) in [5.74, 6) is 1.26. The van der Waals surface area contributed by atoms with Gasteiger partial charge in [0.15, 0.2) is 5.76 Å². The Balaban J connectivity index is 1.89. The summed E-state index contributed by atoms with van der Waals surface area (Å²) in [6.07, 6.45) is 2.99. The van der Waals surface area contributed by atoms with E-state index in [0.29, 0.717) is 17.1 Å². The molecule has 2 heterocycles. The van der Waals surface area contributed by atoms with Crippen LogP contribution in [0.4, 0.5) is 0 Å². The summed E-state index contributed by atoms with van der Waals surface area (Å²) in [5, 5.41) is 3.63. The van der Waals surface area contributed by atoms with Gasteiger partial charge >= 0.3 is 0 Å². The molecule has 0 spiro atoms. The van der Waals surface area contributed by atoms with Crippen LogP contribution >= 0.6 is 0 Å². The minimum atomic E-state index is -3.75. The molecule has 1 aromatic carbocycles. The van der Waals surface area contributed by atoms with Crippen molar-refractivity contribution < 1.29 is 22.1 Å². The van der Waals surface area contributed by atoms with E-state index in [-0.39, 0.29) is 17.2 Å². The van der Waals surface area contributed by atoms with Crippen LogP contribution < -0.4 is 9.46 Å². The van der Waals surface area contributed by atoms with Crippen LogP contribution in [0.5, 0.6) is 5.75 Å². The minimum absolute atomic E-state index is 0.0369. The third kappa shape index (κ3) is 3.27. The fraction of sp³-hybridized carbons (Fsp3) is 0.133. The van der Waals surface area contributed by atoms with Gasteiger partial charge in [-0.15, -0.1) is 0 Å². The highest BCUT2D eigenvalue weighted by atomic mass is 32.2. The number of nitrogens with zero attached hydrogens (tertiary/aromatic N) is 1. The van der Waals surface area contributed by atoms with Gasteiger partial charge in [-0.1, -0.05) is 5.16 Å². The molecule has 0 aliphatic heterocycles. The molecule has 0 amide bonds. The van der Waals surface area contributed by atoms with Crippen molar-refractivity contribution in [2.24, 2.45) is 0 Å². The molecular weight excluding hydrogens is 320 g/mol.